The monoisotopic (exact) mass is 509 g/mol. The van der Waals surface area contributed by atoms with Crippen molar-refractivity contribution in [2.24, 2.45) is 5.92 Å². The van der Waals surface area contributed by atoms with E-state index in [2.05, 4.69) is 10.3 Å². The number of carbonyl (C=O) groups is 1. The van der Waals surface area contributed by atoms with Gasteiger partial charge in [0.2, 0.25) is 15.9 Å². The first-order valence-electron chi connectivity index (χ1n) is 11.2. The number of fused-ring (bicyclic) bond motifs is 1. The van der Waals surface area contributed by atoms with Gasteiger partial charge in [-0.3, -0.25) is 4.79 Å². The van der Waals surface area contributed by atoms with Gasteiger partial charge >= 0.3 is 5.63 Å². The Morgan fingerprint density at radius 3 is 2.74 bits per heavy atom. The summed E-state index contributed by atoms with van der Waals surface area (Å²) in [5.41, 5.74) is 1.69. The highest BCUT2D eigenvalue weighted by Crippen LogP contribution is 2.28. The summed E-state index contributed by atoms with van der Waals surface area (Å²) in [4.78, 5) is 30.0. The van der Waals surface area contributed by atoms with E-state index in [0.29, 0.717) is 41.4 Å². The Kier molecular flexibility index (Phi) is 6.26. The average molecular weight is 510 g/mol. The van der Waals surface area contributed by atoms with Crippen molar-refractivity contribution in [3.63, 3.8) is 0 Å². The lowest BCUT2D eigenvalue weighted by atomic mass is 9.99. The summed E-state index contributed by atoms with van der Waals surface area (Å²) < 4.78 is 32.9. The molecule has 0 bridgehead atoms. The Bertz CT molecular complexity index is 1560. The topological polar surface area (TPSA) is 110 Å². The minimum absolute atomic E-state index is 0.106. The molecule has 0 aliphatic carbocycles. The van der Waals surface area contributed by atoms with Gasteiger partial charge in [0.05, 0.1) is 22.1 Å². The maximum atomic E-state index is 13.1. The van der Waals surface area contributed by atoms with Crippen molar-refractivity contribution < 1.29 is 17.6 Å². The Hall–Kier alpha value is -3.34. The molecular weight excluding hydrogens is 486 g/mol. The van der Waals surface area contributed by atoms with Crippen LogP contribution in [-0.4, -0.2) is 36.7 Å². The molecule has 1 atom stereocenters. The van der Waals surface area contributed by atoms with Crippen molar-refractivity contribution in [3.05, 3.63) is 76.0 Å². The molecule has 10 heteroatoms. The van der Waals surface area contributed by atoms with E-state index >= 15 is 0 Å². The average Bonchev–Trinajstić information content (AvgIpc) is 3.32. The molecule has 1 saturated heterocycles. The Labute approximate surface area is 206 Å². The van der Waals surface area contributed by atoms with Crippen LogP contribution in [0.3, 0.4) is 0 Å². The first-order valence-corrected chi connectivity index (χ1v) is 13.5. The number of sulfonamides is 1. The molecule has 2 aromatic carbocycles. The van der Waals surface area contributed by atoms with Gasteiger partial charge in [-0.15, -0.1) is 11.3 Å². The van der Waals surface area contributed by atoms with Gasteiger partial charge in [-0.25, -0.2) is 18.2 Å². The van der Waals surface area contributed by atoms with E-state index < -0.39 is 21.6 Å². The van der Waals surface area contributed by atoms with Gasteiger partial charge in [0, 0.05) is 23.9 Å². The number of benzene rings is 2. The molecule has 2 aromatic heterocycles. The third kappa shape index (κ3) is 4.77. The smallest absolute Gasteiger partial charge is 0.345 e. The Morgan fingerprint density at radius 1 is 1.17 bits per heavy atom. The lowest BCUT2D eigenvalue weighted by Gasteiger charge is -2.31. The molecule has 180 valence electrons. The third-order valence-electron chi connectivity index (χ3n) is 6.07. The number of nitrogens with zero attached hydrogens (tertiary/aromatic N) is 2. The zero-order valence-corrected chi connectivity index (χ0v) is 20.6. The summed E-state index contributed by atoms with van der Waals surface area (Å²) in [5, 5.41) is 5.60. The van der Waals surface area contributed by atoms with Crippen LogP contribution in [0.2, 0.25) is 0 Å². The lowest BCUT2D eigenvalue weighted by Crippen LogP contribution is -2.43. The van der Waals surface area contributed by atoms with Gasteiger partial charge in [0.25, 0.3) is 0 Å². The van der Waals surface area contributed by atoms with Crippen LogP contribution in [0.15, 0.2) is 74.1 Å². The molecule has 0 spiro atoms. The van der Waals surface area contributed by atoms with E-state index in [9.17, 15) is 18.0 Å². The van der Waals surface area contributed by atoms with Crippen LogP contribution < -0.4 is 10.9 Å². The predicted molar refractivity (Wildman–Crippen MR) is 135 cm³/mol. The molecule has 1 fully saturated rings. The SMILES string of the molecule is Cc1ccc(S(=O)(=O)N2CCCC(C(=O)Nc3nc(-c4cc5ccccc5oc4=O)cs3)C2)cc1. The lowest BCUT2D eigenvalue weighted by molar-refractivity contribution is -0.120. The number of piperidine rings is 1. The minimum atomic E-state index is -3.68. The minimum Gasteiger partial charge on any atom is -0.422 e. The fraction of sp³-hybridized carbons (Fsp3) is 0.240. The van der Waals surface area contributed by atoms with Crippen molar-refractivity contribution in [3.8, 4) is 11.3 Å². The molecule has 35 heavy (non-hydrogen) atoms. The predicted octanol–water partition coefficient (Wildman–Crippen LogP) is 4.26. The molecule has 1 aliphatic heterocycles. The number of para-hydroxylation sites is 1. The highest BCUT2D eigenvalue weighted by molar-refractivity contribution is 7.89. The number of thiazole rings is 1. The second-order valence-electron chi connectivity index (χ2n) is 8.53. The molecular formula is C25H23N3O5S2. The van der Waals surface area contributed by atoms with Crippen LogP contribution in [-0.2, 0) is 14.8 Å². The zero-order chi connectivity index (χ0) is 24.6. The van der Waals surface area contributed by atoms with Crippen LogP contribution in [0.4, 0.5) is 5.13 Å². The standard InChI is InChI=1S/C25H23N3O5S2/c1-16-8-10-19(11-9-16)35(31,32)28-12-4-6-18(14-28)23(29)27-25-26-21(15-34-25)20-13-17-5-2-3-7-22(17)33-24(20)30/h2-3,5,7-11,13,15,18H,4,6,12,14H2,1H3,(H,26,27,29). The number of hydrogen-bond donors (Lipinski definition) is 1. The van der Waals surface area contributed by atoms with E-state index in [1.54, 1.807) is 47.8 Å². The van der Waals surface area contributed by atoms with E-state index in [1.807, 2.05) is 19.1 Å². The van der Waals surface area contributed by atoms with Gasteiger partial charge in [-0.05, 0) is 44.0 Å². The van der Waals surface area contributed by atoms with E-state index in [-0.39, 0.29) is 17.3 Å². The highest BCUT2D eigenvalue weighted by Gasteiger charge is 2.33. The quantitative estimate of drug-likeness (QED) is 0.403. The van der Waals surface area contributed by atoms with Crippen LogP contribution in [0.25, 0.3) is 22.2 Å². The first-order chi connectivity index (χ1) is 16.8. The highest BCUT2D eigenvalue weighted by atomic mass is 32.2. The molecule has 1 N–H and O–H groups in total. The molecule has 1 unspecified atom stereocenters. The number of anilines is 1. The number of aromatic nitrogens is 1. The van der Waals surface area contributed by atoms with Crippen molar-refractivity contribution >= 4 is 43.4 Å². The van der Waals surface area contributed by atoms with Crippen molar-refractivity contribution in [2.75, 3.05) is 18.4 Å². The largest absolute Gasteiger partial charge is 0.422 e. The molecule has 5 rings (SSSR count). The van der Waals surface area contributed by atoms with E-state index in [1.165, 1.54) is 15.6 Å². The van der Waals surface area contributed by atoms with E-state index in [0.717, 1.165) is 10.9 Å². The van der Waals surface area contributed by atoms with Crippen LogP contribution in [0.5, 0.6) is 0 Å². The van der Waals surface area contributed by atoms with Crippen molar-refractivity contribution in [2.45, 2.75) is 24.7 Å². The van der Waals surface area contributed by atoms with Gasteiger partial charge in [-0.2, -0.15) is 4.31 Å². The Balaban J connectivity index is 1.30. The molecule has 3 heterocycles. The summed E-state index contributed by atoms with van der Waals surface area (Å²) in [6, 6.07) is 15.6. The summed E-state index contributed by atoms with van der Waals surface area (Å²) in [6.07, 6.45) is 1.17. The van der Waals surface area contributed by atoms with Crippen molar-refractivity contribution in [1.29, 1.82) is 0 Å². The summed E-state index contributed by atoms with van der Waals surface area (Å²) >= 11 is 1.20. The maximum Gasteiger partial charge on any atom is 0.345 e. The number of hydrogen-bond acceptors (Lipinski definition) is 7. The van der Waals surface area contributed by atoms with Gasteiger partial charge in [0.15, 0.2) is 5.13 Å². The first kappa shape index (κ1) is 23.4. The molecule has 0 saturated carbocycles. The van der Waals surface area contributed by atoms with Crippen LogP contribution in [0.1, 0.15) is 18.4 Å². The fourth-order valence-corrected chi connectivity index (χ4v) is 6.37. The maximum absolute atomic E-state index is 13.1. The summed E-state index contributed by atoms with van der Waals surface area (Å²) in [7, 11) is -3.68. The number of rotatable bonds is 5. The molecule has 1 amide bonds. The second kappa shape index (κ2) is 9.37. The number of nitrogens with one attached hydrogen (secondary N) is 1. The van der Waals surface area contributed by atoms with Gasteiger partial charge in [0.1, 0.15) is 5.58 Å². The van der Waals surface area contributed by atoms with E-state index in [4.69, 9.17) is 4.42 Å². The van der Waals surface area contributed by atoms with Gasteiger partial charge < -0.3 is 9.73 Å². The Morgan fingerprint density at radius 2 is 1.94 bits per heavy atom. The molecule has 8 nitrogen and oxygen atoms in total. The normalized spacial score (nSPS) is 16.9. The van der Waals surface area contributed by atoms with Crippen LogP contribution in [0, 0.1) is 12.8 Å². The number of aryl methyl sites for hydroxylation is 1. The third-order valence-corrected chi connectivity index (χ3v) is 8.70. The second-order valence-corrected chi connectivity index (χ2v) is 11.3. The number of carbonyl (C=O) groups excluding carboxylic acids is 1. The van der Waals surface area contributed by atoms with Gasteiger partial charge in [-0.1, -0.05) is 35.9 Å². The fourth-order valence-electron chi connectivity index (χ4n) is 4.14. The molecule has 4 aromatic rings. The zero-order valence-electron chi connectivity index (χ0n) is 18.9. The summed E-state index contributed by atoms with van der Waals surface area (Å²) in [5.74, 6) is -0.790. The number of amides is 1. The molecule has 0 radical (unpaired) electrons. The van der Waals surface area contributed by atoms with Crippen molar-refractivity contribution in [1.82, 2.24) is 9.29 Å². The molecule has 1 aliphatic rings. The summed E-state index contributed by atoms with van der Waals surface area (Å²) in [6.45, 7) is 2.38. The van der Waals surface area contributed by atoms with Crippen LogP contribution >= 0.6 is 11.3 Å².